The van der Waals surface area contributed by atoms with Gasteiger partial charge in [-0.25, -0.2) is 0 Å². The summed E-state index contributed by atoms with van der Waals surface area (Å²) in [6.07, 6.45) is 0. The molecule has 3 nitrogen and oxygen atoms in total. The lowest BCUT2D eigenvalue weighted by atomic mass is 10.2. The van der Waals surface area contributed by atoms with Gasteiger partial charge in [-0.1, -0.05) is 11.6 Å². The van der Waals surface area contributed by atoms with Gasteiger partial charge in [-0.2, -0.15) is 0 Å². The van der Waals surface area contributed by atoms with Crippen LogP contribution in [0.1, 0.15) is 5.56 Å². The van der Waals surface area contributed by atoms with Crippen LogP contribution < -0.4 is 9.47 Å². The minimum atomic E-state index is 0.141. The van der Waals surface area contributed by atoms with Crippen molar-refractivity contribution in [2.24, 2.45) is 0 Å². The summed E-state index contributed by atoms with van der Waals surface area (Å²) in [4.78, 5) is 0. The summed E-state index contributed by atoms with van der Waals surface area (Å²) in [7, 11) is 3.09. The summed E-state index contributed by atoms with van der Waals surface area (Å²) >= 11 is 11.7. The van der Waals surface area contributed by atoms with Gasteiger partial charge in [0.25, 0.3) is 0 Å². The van der Waals surface area contributed by atoms with Crippen LogP contribution in [0.2, 0.25) is 5.02 Å². The highest BCUT2D eigenvalue weighted by molar-refractivity contribution is 6.31. The van der Waals surface area contributed by atoms with Crippen LogP contribution in [-0.2, 0) is 10.6 Å². The van der Waals surface area contributed by atoms with E-state index in [0.717, 1.165) is 5.56 Å². The van der Waals surface area contributed by atoms with E-state index in [2.05, 4.69) is 0 Å². The summed E-state index contributed by atoms with van der Waals surface area (Å²) in [6, 6.07) is 3.41. The van der Waals surface area contributed by atoms with Gasteiger partial charge in [0.15, 0.2) is 18.3 Å². The first-order valence-corrected chi connectivity index (χ1v) is 5.18. The SMILES string of the molecule is COCOc1c(CCl)cc(Cl)cc1OC. The molecular weight excluding hydrogens is 239 g/mol. The molecule has 0 aliphatic heterocycles. The van der Waals surface area contributed by atoms with E-state index >= 15 is 0 Å². The Kier molecular flexibility index (Phi) is 5.02. The Labute approximate surface area is 98.8 Å². The molecule has 0 saturated carbocycles. The van der Waals surface area contributed by atoms with E-state index in [1.54, 1.807) is 26.4 Å². The molecule has 0 heterocycles. The van der Waals surface area contributed by atoms with Crippen molar-refractivity contribution in [3.8, 4) is 11.5 Å². The van der Waals surface area contributed by atoms with E-state index in [-0.39, 0.29) is 6.79 Å². The number of ether oxygens (including phenoxy) is 3. The van der Waals surface area contributed by atoms with Gasteiger partial charge in [0.05, 0.1) is 13.0 Å². The lowest BCUT2D eigenvalue weighted by Crippen LogP contribution is -2.03. The number of rotatable bonds is 5. The third kappa shape index (κ3) is 3.16. The standard InChI is InChI=1S/C10H12Cl2O3/c1-13-6-15-10-7(5-11)3-8(12)4-9(10)14-2/h3-4H,5-6H2,1-2H3. The minimum Gasteiger partial charge on any atom is -0.493 e. The monoisotopic (exact) mass is 250 g/mol. The molecular formula is C10H12Cl2O3. The fourth-order valence-corrected chi connectivity index (χ4v) is 1.58. The Morgan fingerprint density at radius 2 is 2.00 bits per heavy atom. The molecule has 0 fully saturated rings. The fraction of sp³-hybridized carbons (Fsp3) is 0.400. The molecule has 15 heavy (non-hydrogen) atoms. The van der Waals surface area contributed by atoms with Gasteiger partial charge in [0.2, 0.25) is 0 Å². The predicted octanol–water partition coefficient (Wildman–Crippen LogP) is 3.07. The first-order chi connectivity index (χ1) is 7.22. The van der Waals surface area contributed by atoms with E-state index in [9.17, 15) is 0 Å². The van der Waals surface area contributed by atoms with E-state index in [4.69, 9.17) is 37.4 Å². The molecule has 0 N–H and O–H groups in total. The zero-order valence-corrected chi connectivity index (χ0v) is 10.1. The second-order valence-electron chi connectivity index (χ2n) is 2.78. The highest BCUT2D eigenvalue weighted by Gasteiger charge is 2.11. The molecule has 1 aromatic carbocycles. The summed E-state index contributed by atoms with van der Waals surface area (Å²) in [5.74, 6) is 1.42. The van der Waals surface area contributed by atoms with Crippen molar-refractivity contribution in [3.63, 3.8) is 0 Å². The van der Waals surface area contributed by atoms with Gasteiger partial charge >= 0.3 is 0 Å². The Morgan fingerprint density at radius 3 is 2.53 bits per heavy atom. The van der Waals surface area contributed by atoms with Gasteiger partial charge in [-0.15, -0.1) is 11.6 Å². The Bertz CT molecular complexity index is 303. The lowest BCUT2D eigenvalue weighted by molar-refractivity contribution is 0.0486. The van der Waals surface area contributed by atoms with Gasteiger partial charge in [-0.3, -0.25) is 0 Å². The molecule has 84 valence electrons. The van der Waals surface area contributed by atoms with Crippen LogP contribution in [0.5, 0.6) is 11.5 Å². The highest BCUT2D eigenvalue weighted by atomic mass is 35.5. The Hall–Kier alpha value is -0.640. The van der Waals surface area contributed by atoms with Crippen LogP contribution in [0.4, 0.5) is 0 Å². The van der Waals surface area contributed by atoms with E-state index < -0.39 is 0 Å². The maximum absolute atomic E-state index is 5.89. The molecule has 1 rings (SSSR count). The van der Waals surface area contributed by atoms with Crippen LogP contribution >= 0.6 is 23.2 Å². The number of halogens is 2. The molecule has 0 aromatic heterocycles. The van der Waals surface area contributed by atoms with Crippen molar-refractivity contribution in [3.05, 3.63) is 22.7 Å². The average molecular weight is 251 g/mol. The Balaban J connectivity index is 3.06. The average Bonchev–Trinajstić information content (AvgIpc) is 2.26. The maximum atomic E-state index is 5.89. The van der Waals surface area contributed by atoms with Crippen molar-refractivity contribution in [2.75, 3.05) is 21.0 Å². The van der Waals surface area contributed by atoms with E-state index in [1.165, 1.54) is 0 Å². The summed E-state index contributed by atoms with van der Waals surface area (Å²) in [5, 5.41) is 0.562. The van der Waals surface area contributed by atoms with E-state index in [1.807, 2.05) is 0 Å². The summed E-state index contributed by atoms with van der Waals surface area (Å²) < 4.78 is 15.3. The molecule has 0 aliphatic carbocycles. The zero-order valence-electron chi connectivity index (χ0n) is 8.55. The van der Waals surface area contributed by atoms with Gasteiger partial charge in [0.1, 0.15) is 0 Å². The topological polar surface area (TPSA) is 27.7 Å². The number of hydrogen-bond donors (Lipinski definition) is 0. The summed E-state index contributed by atoms with van der Waals surface area (Å²) in [6.45, 7) is 0.141. The first-order valence-electron chi connectivity index (χ1n) is 4.27. The minimum absolute atomic E-state index is 0.141. The normalized spacial score (nSPS) is 10.1. The zero-order chi connectivity index (χ0) is 11.3. The third-order valence-electron chi connectivity index (χ3n) is 1.78. The van der Waals surface area contributed by atoms with Crippen molar-refractivity contribution < 1.29 is 14.2 Å². The Morgan fingerprint density at radius 1 is 1.27 bits per heavy atom. The second-order valence-corrected chi connectivity index (χ2v) is 3.48. The molecule has 0 aliphatic rings. The highest BCUT2D eigenvalue weighted by Crippen LogP contribution is 2.35. The smallest absolute Gasteiger partial charge is 0.188 e. The van der Waals surface area contributed by atoms with Crippen molar-refractivity contribution in [2.45, 2.75) is 5.88 Å². The van der Waals surface area contributed by atoms with Crippen molar-refractivity contribution >= 4 is 23.2 Å². The van der Waals surface area contributed by atoms with Crippen LogP contribution in [0.3, 0.4) is 0 Å². The number of benzene rings is 1. The van der Waals surface area contributed by atoms with Crippen LogP contribution in [0.25, 0.3) is 0 Å². The molecule has 0 atom stereocenters. The van der Waals surface area contributed by atoms with Gasteiger partial charge in [-0.05, 0) is 6.07 Å². The van der Waals surface area contributed by atoms with Crippen molar-refractivity contribution in [1.82, 2.24) is 0 Å². The largest absolute Gasteiger partial charge is 0.493 e. The molecule has 0 bridgehead atoms. The van der Waals surface area contributed by atoms with Gasteiger partial charge in [0, 0.05) is 23.8 Å². The second kappa shape index (κ2) is 6.05. The molecule has 0 unspecified atom stereocenters. The maximum Gasteiger partial charge on any atom is 0.188 e. The molecule has 5 heteroatoms. The first kappa shape index (κ1) is 12.4. The van der Waals surface area contributed by atoms with Crippen LogP contribution in [-0.4, -0.2) is 21.0 Å². The number of hydrogen-bond acceptors (Lipinski definition) is 3. The molecule has 0 spiro atoms. The van der Waals surface area contributed by atoms with Gasteiger partial charge < -0.3 is 14.2 Å². The van der Waals surface area contributed by atoms with Crippen molar-refractivity contribution in [1.29, 1.82) is 0 Å². The lowest BCUT2D eigenvalue weighted by Gasteiger charge is -2.13. The quantitative estimate of drug-likeness (QED) is 0.594. The fourth-order valence-electron chi connectivity index (χ4n) is 1.16. The molecule has 1 aromatic rings. The van der Waals surface area contributed by atoms with E-state index in [0.29, 0.717) is 22.4 Å². The van der Waals surface area contributed by atoms with Crippen LogP contribution in [0, 0.1) is 0 Å². The number of alkyl halides is 1. The molecule has 0 radical (unpaired) electrons. The predicted molar refractivity (Wildman–Crippen MR) is 60.1 cm³/mol. The third-order valence-corrected chi connectivity index (χ3v) is 2.29. The van der Waals surface area contributed by atoms with Crippen LogP contribution in [0.15, 0.2) is 12.1 Å². The summed E-state index contributed by atoms with van der Waals surface area (Å²) in [5.41, 5.74) is 0.776. The number of methoxy groups -OCH3 is 2. The molecule has 0 amide bonds. The molecule has 0 saturated heterocycles.